The van der Waals surface area contributed by atoms with Gasteiger partial charge in [0.15, 0.2) is 5.78 Å². The number of Topliss-reactive ketones (excluding diaryl/α,β-unsaturated/α-hetero) is 1. The van der Waals surface area contributed by atoms with E-state index in [0.29, 0.717) is 16.5 Å². The van der Waals surface area contributed by atoms with Crippen LogP contribution in [0.4, 0.5) is 9.18 Å². The van der Waals surface area contributed by atoms with Crippen molar-refractivity contribution in [2.24, 2.45) is 0 Å². The fourth-order valence-electron chi connectivity index (χ4n) is 2.76. The predicted octanol–water partition coefficient (Wildman–Crippen LogP) is 1.60. The molecular formula is C14H13FN2O4. The number of hydrogen-bond donors (Lipinski definition) is 3. The molecule has 7 heteroatoms. The predicted molar refractivity (Wildman–Crippen MR) is 71.7 cm³/mol. The third-order valence-electron chi connectivity index (χ3n) is 3.74. The second-order valence-electron chi connectivity index (χ2n) is 5.10. The molecular weight excluding hydrogens is 279 g/mol. The Kier molecular flexibility index (Phi) is 3.13. The summed E-state index contributed by atoms with van der Waals surface area (Å²) in [5.41, 5.74) is 0.772. The summed E-state index contributed by atoms with van der Waals surface area (Å²) in [5, 5.41) is 19.2. The van der Waals surface area contributed by atoms with Crippen LogP contribution in [0.25, 0.3) is 10.9 Å². The summed E-state index contributed by atoms with van der Waals surface area (Å²) in [6.07, 6.45) is -0.579. The molecule has 21 heavy (non-hydrogen) atoms. The van der Waals surface area contributed by atoms with Crippen LogP contribution in [0.5, 0.6) is 0 Å². The van der Waals surface area contributed by atoms with Gasteiger partial charge in [0.1, 0.15) is 11.9 Å². The highest BCUT2D eigenvalue weighted by atomic mass is 19.1. The summed E-state index contributed by atoms with van der Waals surface area (Å²) >= 11 is 0. The normalized spacial score (nSPS) is 21.9. The topological polar surface area (TPSA) is 93.6 Å². The highest BCUT2D eigenvalue weighted by molar-refractivity contribution is 6.11. The van der Waals surface area contributed by atoms with Gasteiger partial charge in [-0.15, -0.1) is 0 Å². The number of benzene rings is 1. The number of aliphatic hydroxyl groups excluding tert-OH is 1. The van der Waals surface area contributed by atoms with Gasteiger partial charge in [-0.2, -0.15) is 0 Å². The molecule has 3 N–H and O–H groups in total. The van der Waals surface area contributed by atoms with Crippen molar-refractivity contribution in [3.05, 3.63) is 35.8 Å². The average Bonchev–Trinajstić information content (AvgIpc) is 3.01. The first-order valence-electron chi connectivity index (χ1n) is 6.46. The lowest BCUT2D eigenvalue weighted by Crippen LogP contribution is -2.39. The molecule has 2 heterocycles. The molecule has 3 rings (SSSR count). The summed E-state index contributed by atoms with van der Waals surface area (Å²) in [4.78, 5) is 27.4. The van der Waals surface area contributed by atoms with Crippen molar-refractivity contribution < 1.29 is 24.2 Å². The lowest BCUT2D eigenvalue weighted by Gasteiger charge is -2.19. The molecule has 0 spiro atoms. The maximum absolute atomic E-state index is 13.1. The third kappa shape index (κ3) is 2.25. The number of carboxylic acid groups (broad SMARTS) is 1. The van der Waals surface area contributed by atoms with Gasteiger partial charge in [-0.3, -0.25) is 9.69 Å². The van der Waals surface area contributed by atoms with Gasteiger partial charge in [-0.05, 0) is 18.2 Å². The van der Waals surface area contributed by atoms with Crippen molar-refractivity contribution in [3.8, 4) is 0 Å². The number of fused-ring (bicyclic) bond motifs is 1. The number of nitrogens with one attached hydrogen (secondary N) is 1. The second kappa shape index (κ2) is 4.85. The summed E-state index contributed by atoms with van der Waals surface area (Å²) in [6, 6.07) is 3.07. The molecule has 1 fully saturated rings. The van der Waals surface area contributed by atoms with Gasteiger partial charge in [-0.25, -0.2) is 9.18 Å². The number of nitrogens with zero attached hydrogens (tertiary/aromatic N) is 1. The van der Waals surface area contributed by atoms with Gasteiger partial charge in [0.2, 0.25) is 0 Å². The van der Waals surface area contributed by atoms with E-state index in [1.54, 1.807) is 0 Å². The maximum Gasteiger partial charge on any atom is 0.408 e. The quantitative estimate of drug-likeness (QED) is 0.733. The molecule has 1 aliphatic rings. The zero-order valence-corrected chi connectivity index (χ0v) is 10.9. The number of halogens is 1. The number of aromatic amines is 1. The van der Waals surface area contributed by atoms with Crippen molar-refractivity contribution in [1.29, 1.82) is 0 Å². The number of likely N-dealkylation sites (tertiary alicyclic amines) is 1. The molecule has 6 nitrogen and oxygen atoms in total. The molecule has 110 valence electrons. The van der Waals surface area contributed by atoms with E-state index in [2.05, 4.69) is 4.98 Å². The monoisotopic (exact) mass is 292 g/mol. The number of carbonyl (C=O) groups excluding carboxylic acids is 1. The molecule has 1 aromatic heterocycles. The van der Waals surface area contributed by atoms with Crippen LogP contribution in [0.3, 0.4) is 0 Å². The van der Waals surface area contributed by atoms with E-state index >= 15 is 0 Å². The van der Waals surface area contributed by atoms with Crippen LogP contribution < -0.4 is 0 Å². The van der Waals surface area contributed by atoms with Gasteiger partial charge >= 0.3 is 6.09 Å². The Morgan fingerprint density at radius 1 is 1.38 bits per heavy atom. The molecule has 1 aliphatic heterocycles. The molecule has 2 unspecified atom stereocenters. The van der Waals surface area contributed by atoms with Crippen LogP contribution in [0, 0.1) is 5.82 Å². The van der Waals surface area contributed by atoms with Crippen LogP contribution in [0.2, 0.25) is 0 Å². The van der Waals surface area contributed by atoms with E-state index in [9.17, 15) is 19.1 Å². The number of H-pyrrole nitrogens is 1. The zero-order chi connectivity index (χ0) is 15.1. The van der Waals surface area contributed by atoms with Gasteiger partial charge in [-0.1, -0.05) is 0 Å². The summed E-state index contributed by atoms with van der Waals surface area (Å²) in [7, 11) is 0. The van der Waals surface area contributed by atoms with E-state index < -0.39 is 29.8 Å². The number of aromatic nitrogens is 1. The number of amides is 1. The van der Waals surface area contributed by atoms with Crippen molar-refractivity contribution >= 4 is 22.8 Å². The Balaban J connectivity index is 1.98. The van der Waals surface area contributed by atoms with Crippen molar-refractivity contribution in [2.45, 2.75) is 18.6 Å². The van der Waals surface area contributed by atoms with Crippen molar-refractivity contribution in [3.63, 3.8) is 0 Å². The summed E-state index contributed by atoms with van der Waals surface area (Å²) in [6.45, 7) is -0.0806. The fourth-order valence-corrected chi connectivity index (χ4v) is 2.76. The maximum atomic E-state index is 13.1. The third-order valence-corrected chi connectivity index (χ3v) is 3.74. The Hall–Kier alpha value is -2.41. The van der Waals surface area contributed by atoms with Gasteiger partial charge in [0.05, 0.1) is 12.6 Å². The number of rotatable bonds is 2. The molecule has 1 saturated heterocycles. The van der Waals surface area contributed by atoms with Gasteiger partial charge < -0.3 is 15.2 Å². The first-order valence-corrected chi connectivity index (χ1v) is 6.46. The van der Waals surface area contributed by atoms with Crippen molar-refractivity contribution in [1.82, 2.24) is 9.88 Å². The molecule has 1 amide bonds. The highest BCUT2D eigenvalue weighted by Crippen LogP contribution is 2.26. The van der Waals surface area contributed by atoms with E-state index in [-0.39, 0.29) is 13.0 Å². The van der Waals surface area contributed by atoms with E-state index in [1.807, 2.05) is 0 Å². The summed E-state index contributed by atoms with van der Waals surface area (Å²) < 4.78 is 13.1. The van der Waals surface area contributed by atoms with Crippen LogP contribution in [0.15, 0.2) is 24.4 Å². The molecule has 0 saturated carbocycles. The summed E-state index contributed by atoms with van der Waals surface area (Å²) in [5.74, 6) is -0.821. The fraction of sp³-hybridized carbons (Fsp3) is 0.286. The standard InChI is InChI=1S/C14H13FN2O4/c15-7-1-2-9-10(5-16-11(9)3-7)13(19)12-4-8(18)6-17(12)14(20)21/h1-3,5,8,12,16,18H,4,6H2,(H,20,21). The van der Waals surface area contributed by atoms with Gasteiger partial charge in [0, 0.05) is 29.1 Å². The zero-order valence-electron chi connectivity index (χ0n) is 10.9. The minimum atomic E-state index is -1.24. The van der Waals surface area contributed by atoms with Gasteiger partial charge in [0.25, 0.3) is 0 Å². The Labute approximate surface area is 118 Å². The molecule has 0 radical (unpaired) electrons. The minimum absolute atomic E-state index is 0.0685. The van der Waals surface area contributed by atoms with E-state index in [1.165, 1.54) is 24.4 Å². The van der Waals surface area contributed by atoms with Crippen LogP contribution in [0.1, 0.15) is 16.8 Å². The Morgan fingerprint density at radius 3 is 2.86 bits per heavy atom. The molecule has 0 aliphatic carbocycles. The van der Waals surface area contributed by atoms with Crippen LogP contribution in [-0.2, 0) is 0 Å². The number of aliphatic hydroxyl groups is 1. The number of hydrogen-bond acceptors (Lipinski definition) is 3. The number of ketones is 1. The minimum Gasteiger partial charge on any atom is -0.465 e. The van der Waals surface area contributed by atoms with Crippen LogP contribution >= 0.6 is 0 Å². The SMILES string of the molecule is O=C(c1c[nH]c2cc(F)ccc12)C1CC(O)CN1C(=O)O. The highest BCUT2D eigenvalue weighted by Gasteiger charge is 2.39. The average molecular weight is 292 g/mol. The number of carbonyl (C=O) groups is 2. The smallest absolute Gasteiger partial charge is 0.408 e. The molecule has 2 atom stereocenters. The Morgan fingerprint density at radius 2 is 2.14 bits per heavy atom. The van der Waals surface area contributed by atoms with Crippen LogP contribution in [-0.4, -0.2) is 50.7 Å². The molecule has 0 bridgehead atoms. The molecule has 1 aromatic carbocycles. The first kappa shape index (κ1) is 13.6. The van der Waals surface area contributed by atoms with E-state index in [0.717, 1.165) is 4.90 Å². The largest absolute Gasteiger partial charge is 0.465 e. The lowest BCUT2D eigenvalue weighted by atomic mass is 10.0. The van der Waals surface area contributed by atoms with Crippen molar-refractivity contribution in [2.75, 3.05) is 6.54 Å². The van der Waals surface area contributed by atoms with E-state index in [4.69, 9.17) is 5.11 Å². The number of β-amino-alcohol motifs (C(OH)–C–C–N with tert-alkyl or cyclic N) is 1. The molecule has 2 aromatic rings. The first-order chi connectivity index (χ1) is 9.97. The Bertz CT molecular complexity index is 727. The second-order valence-corrected chi connectivity index (χ2v) is 5.10. The lowest BCUT2D eigenvalue weighted by molar-refractivity contribution is 0.0846.